The van der Waals surface area contributed by atoms with Crippen LogP contribution in [-0.2, 0) is 11.2 Å². The number of thiazole rings is 1. The molecule has 0 bridgehead atoms. The van der Waals surface area contributed by atoms with Crippen LogP contribution < -0.4 is 0 Å². The van der Waals surface area contributed by atoms with Crippen molar-refractivity contribution < 1.29 is 9.59 Å². The molecular formula is C21H26N4O2S. The smallest absolute Gasteiger partial charge is 0.265 e. The molecule has 0 N–H and O–H groups in total. The zero-order chi connectivity index (χ0) is 19.6. The summed E-state index contributed by atoms with van der Waals surface area (Å²) in [4.78, 5) is 38.3. The highest BCUT2D eigenvalue weighted by atomic mass is 32.1. The largest absolute Gasteiger partial charge is 0.342 e. The number of aromatic nitrogens is 2. The average Bonchev–Trinajstić information content (AvgIpc) is 3.16. The molecule has 1 spiro atoms. The maximum absolute atomic E-state index is 12.8. The average molecular weight is 399 g/mol. The lowest BCUT2D eigenvalue weighted by atomic mass is 9.72. The van der Waals surface area contributed by atoms with Crippen LogP contribution >= 0.6 is 11.3 Å². The number of likely N-dealkylation sites (tertiary alicyclic amines) is 2. The second kappa shape index (κ2) is 7.99. The van der Waals surface area contributed by atoms with Gasteiger partial charge in [-0.2, -0.15) is 0 Å². The predicted molar refractivity (Wildman–Crippen MR) is 108 cm³/mol. The van der Waals surface area contributed by atoms with Gasteiger partial charge in [0.1, 0.15) is 4.88 Å². The molecule has 0 saturated carbocycles. The third-order valence-electron chi connectivity index (χ3n) is 6.19. The highest BCUT2D eigenvalue weighted by Gasteiger charge is 2.41. The fourth-order valence-electron chi connectivity index (χ4n) is 4.36. The van der Waals surface area contributed by atoms with Crippen LogP contribution in [0.5, 0.6) is 0 Å². The number of hydrogen-bond acceptors (Lipinski definition) is 5. The van der Waals surface area contributed by atoms with Gasteiger partial charge in [0, 0.05) is 45.0 Å². The fraction of sp³-hybridized carbons (Fsp3) is 0.524. The zero-order valence-corrected chi connectivity index (χ0v) is 17.1. The van der Waals surface area contributed by atoms with Gasteiger partial charge in [-0.15, -0.1) is 11.3 Å². The highest BCUT2D eigenvalue weighted by Crippen LogP contribution is 2.40. The van der Waals surface area contributed by atoms with Gasteiger partial charge >= 0.3 is 0 Å². The van der Waals surface area contributed by atoms with E-state index in [0.29, 0.717) is 6.42 Å². The van der Waals surface area contributed by atoms with E-state index in [4.69, 9.17) is 0 Å². The number of carbonyl (C=O) groups excluding carboxylic acids is 2. The van der Waals surface area contributed by atoms with Crippen LogP contribution in [0, 0.1) is 12.3 Å². The summed E-state index contributed by atoms with van der Waals surface area (Å²) in [5, 5.41) is 0. The number of amides is 2. The van der Waals surface area contributed by atoms with Crippen LogP contribution in [0.3, 0.4) is 0 Å². The molecule has 0 aromatic carbocycles. The van der Waals surface area contributed by atoms with E-state index in [9.17, 15) is 9.59 Å². The molecule has 2 fully saturated rings. The van der Waals surface area contributed by atoms with Crippen LogP contribution in [0.15, 0.2) is 30.0 Å². The molecule has 7 heteroatoms. The van der Waals surface area contributed by atoms with E-state index in [1.165, 1.54) is 11.3 Å². The quantitative estimate of drug-likeness (QED) is 0.794. The van der Waals surface area contributed by atoms with Crippen molar-refractivity contribution in [3.63, 3.8) is 0 Å². The summed E-state index contributed by atoms with van der Waals surface area (Å²) in [6, 6.07) is 4.00. The molecule has 2 aromatic rings. The van der Waals surface area contributed by atoms with Crippen molar-refractivity contribution in [2.75, 3.05) is 26.2 Å². The van der Waals surface area contributed by atoms with Crippen LogP contribution in [0.4, 0.5) is 0 Å². The first-order chi connectivity index (χ1) is 13.6. The Kier molecular flexibility index (Phi) is 5.44. The molecule has 0 aliphatic carbocycles. The van der Waals surface area contributed by atoms with Crippen LogP contribution in [0.1, 0.15) is 46.6 Å². The summed E-state index contributed by atoms with van der Waals surface area (Å²) in [7, 11) is 0. The minimum Gasteiger partial charge on any atom is -0.342 e. The molecule has 4 heterocycles. The summed E-state index contributed by atoms with van der Waals surface area (Å²) in [6.45, 7) is 4.98. The number of carbonyl (C=O) groups is 2. The number of rotatable bonds is 4. The zero-order valence-electron chi connectivity index (χ0n) is 16.3. The van der Waals surface area contributed by atoms with Crippen LogP contribution in [-0.4, -0.2) is 57.8 Å². The molecule has 2 aromatic heterocycles. The van der Waals surface area contributed by atoms with Crippen molar-refractivity contribution in [3.05, 3.63) is 46.2 Å². The third kappa shape index (κ3) is 3.94. The number of pyridine rings is 1. The lowest BCUT2D eigenvalue weighted by molar-refractivity contribution is -0.138. The Hall–Kier alpha value is -2.28. The second-order valence-corrected chi connectivity index (χ2v) is 8.84. The predicted octanol–water partition coefficient (Wildman–Crippen LogP) is 2.93. The van der Waals surface area contributed by atoms with Crippen molar-refractivity contribution in [3.8, 4) is 0 Å². The maximum atomic E-state index is 12.8. The number of piperidine rings is 2. The highest BCUT2D eigenvalue weighted by molar-refractivity contribution is 7.11. The Morgan fingerprint density at radius 3 is 2.79 bits per heavy atom. The minimum atomic E-state index is 0.107. The Morgan fingerprint density at radius 1 is 1.29 bits per heavy atom. The van der Waals surface area contributed by atoms with Crippen molar-refractivity contribution >= 4 is 23.2 Å². The third-order valence-corrected chi connectivity index (χ3v) is 7.11. The van der Waals surface area contributed by atoms with E-state index in [2.05, 4.69) is 16.0 Å². The molecule has 2 aliphatic rings. The molecule has 0 atom stereocenters. The molecule has 2 amide bonds. The Balaban J connectivity index is 1.36. The molecule has 148 valence electrons. The topological polar surface area (TPSA) is 66.4 Å². The number of nitrogens with zero attached hydrogens (tertiary/aromatic N) is 4. The lowest BCUT2D eigenvalue weighted by Gasteiger charge is -2.47. The summed E-state index contributed by atoms with van der Waals surface area (Å²) in [5.74, 6) is 0.364. The van der Waals surface area contributed by atoms with Gasteiger partial charge in [-0.05, 0) is 49.7 Å². The van der Waals surface area contributed by atoms with E-state index in [1.807, 2.05) is 29.0 Å². The summed E-state index contributed by atoms with van der Waals surface area (Å²) < 4.78 is 0. The fourth-order valence-corrected chi connectivity index (χ4v) is 5.13. The standard InChI is InChI=1S/C21H26N4O2S/c1-16-19(28-15-23-16)20(27)24-11-7-21(8-12-24)6-4-18(26)25(14-21)10-5-17-3-2-9-22-13-17/h2-3,9,13,15H,4-8,10-12,14H2,1H3. The van der Waals surface area contributed by atoms with E-state index >= 15 is 0 Å². The molecule has 6 nitrogen and oxygen atoms in total. The number of aryl methyl sites for hydroxylation is 1. The van der Waals surface area contributed by atoms with Gasteiger partial charge in [-0.25, -0.2) is 4.98 Å². The van der Waals surface area contributed by atoms with Crippen LogP contribution in [0.25, 0.3) is 0 Å². The van der Waals surface area contributed by atoms with Gasteiger partial charge in [-0.3, -0.25) is 14.6 Å². The van der Waals surface area contributed by atoms with Crippen LogP contribution in [0.2, 0.25) is 0 Å². The second-order valence-electron chi connectivity index (χ2n) is 7.99. The van der Waals surface area contributed by atoms with E-state index in [0.717, 1.165) is 68.0 Å². The van der Waals surface area contributed by atoms with Gasteiger partial charge in [-0.1, -0.05) is 6.07 Å². The summed E-state index contributed by atoms with van der Waals surface area (Å²) >= 11 is 1.42. The van der Waals surface area contributed by atoms with Gasteiger partial charge in [0.25, 0.3) is 5.91 Å². The summed E-state index contributed by atoms with van der Waals surface area (Å²) in [6.07, 6.45) is 7.97. The van der Waals surface area contributed by atoms with Gasteiger partial charge in [0.15, 0.2) is 0 Å². The maximum Gasteiger partial charge on any atom is 0.265 e. The van der Waals surface area contributed by atoms with E-state index in [-0.39, 0.29) is 17.2 Å². The molecule has 28 heavy (non-hydrogen) atoms. The van der Waals surface area contributed by atoms with Gasteiger partial charge in [0.2, 0.25) is 5.91 Å². The van der Waals surface area contributed by atoms with E-state index in [1.54, 1.807) is 11.7 Å². The van der Waals surface area contributed by atoms with Gasteiger partial charge < -0.3 is 9.80 Å². The van der Waals surface area contributed by atoms with E-state index < -0.39 is 0 Å². The lowest BCUT2D eigenvalue weighted by Crippen LogP contribution is -2.52. The molecule has 0 unspecified atom stereocenters. The van der Waals surface area contributed by atoms with Crippen molar-refractivity contribution in [2.24, 2.45) is 5.41 Å². The van der Waals surface area contributed by atoms with Crippen molar-refractivity contribution in [1.29, 1.82) is 0 Å². The first-order valence-electron chi connectivity index (χ1n) is 9.92. The normalized spacial score (nSPS) is 19.2. The Labute approximate surface area is 169 Å². The first-order valence-corrected chi connectivity index (χ1v) is 10.8. The SMILES string of the molecule is Cc1ncsc1C(=O)N1CCC2(CCC(=O)N(CCc3cccnc3)C2)CC1. The van der Waals surface area contributed by atoms with Crippen molar-refractivity contribution in [1.82, 2.24) is 19.8 Å². The Morgan fingerprint density at radius 2 is 2.11 bits per heavy atom. The molecule has 2 aliphatic heterocycles. The molecule has 0 radical (unpaired) electrons. The molecule has 4 rings (SSSR count). The van der Waals surface area contributed by atoms with Gasteiger partial charge in [0.05, 0.1) is 11.2 Å². The minimum absolute atomic E-state index is 0.107. The summed E-state index contributed by atoms with van der Waals surface area (Å²) in [5.41, 5.74) is 3.87. The molecule has 2 saturated heterocycles. The molecular weight excluding hydrogens is 372 g/mol. The first kappa shape index (κ1) is 19.1. The Bertz CT molecular complexity index is 843. The monoisotopic (exact) mass is 398 g/mol. The number of hydrogen-bond donors (Lipinski definition) is 0. The van der Waals surface area contributed by atoms with Crippen molar-refractivity contribution in [2.45, 2.75) is 39.0 Å².